The molecule has 0 aromatic heterocycles. The maximum atomic E-state index is 12.6. The zero-order valence-electron chi connectivity index (χ0n) is 14.6. The van der Waals surface area contributed by atoms with Crippen LogP contribution >= 0.6 is 0 Å². The fraction of sp³-hybridized carbons (Fsp3) is 0.263. The van der Waals surface area contributed by atoms with Gasteiger partial charge in [-0.2, -0.15) is 13.2 Å². The topological polar surface area (TPSA) is 49.4 Å². The first kappa shape index (κ1) is 19.5. The summed E-state index contributed by atoms with van der Waals surface area (Å²) in [5.41, 5.74) is 1.87. The number of alkyl halides is 3. The van der Waals surface area contributed by atoms with Gasteiger partial charge in [0.1, 0.15) is 0 Å². The second kappa shape index (κ2) is 7.59. The molecule has 0 fully saturated rings. The van der Waals surface area contributed by atoms with Crippen molar-refractivity contribution in [2.45, 2.75) is 20.0 Å². The van der Waals surface area contributed by atoms with Crippen LogP contribution in [0.5, 0.6) is 0 Å². The number of carbonyl (C=O) groups excluding carboxylic acids is 2. The molecule has 2 aromatic carbocycles. The van der Waals surface area contributed by atoms with E-state index in [4.69, 9.17) is 0 Å². The number of nitrogens with one attached hydrogen (secondary N) is 1. The summed E-state index contributed by atoms with van der Waals surface area (Å²) in [7, 11) is 1.42. The minimum absolute atomic E-state index is 0.0834. The van der Waals surface area contributed by atoms with Gasteiger partial charge in [-0.1, -0.05) is 12.1 Å². The van der Waals surface area contributed by atoms with Crippen molar-refractivity contribution in [2.24, 2.45) is 0 Å². The van der Waals surface area contributed by atoms with Gasteiger partial charge >= 0.3 is 6.18 Å². The molecule has 1 N–H and O–H groups in total. The van der Waals surface area contributed by atoms with Crippen LogP contribution < -0.4 is 5.32 Å². The highest BCUT2D eigenvalue weighted by molar-refractivity contribution is 5.99. The molecule has 138 valence electrons. The van der Waals surface area contributed by atoms with Crippen molar-refractivity contribution in [1.29, 1.82) is 0 Å². The molecule has 2 amide bonds. The summed E-state index contributed by atoms with van der Waals surface area (Å²) in [6.45, 7) is 3.58. The van der Waals surface area contributed by atoms with Crippen molar-refractivity contribution in [3.63, 3.8) is 0 Å². The number of halogens is 3. The lowest BCUT2D eigenvalue weighted by Gasteiger charge is -2.18. The zero-order chi connectivity index (χ0) is 19.5. The molecule has 0 saturated carbocycles. The van der Waals surface area contributed by atoms with Gasteiger partial charge in [0.25, 0.3) is 5.91 Å². The predicted octanol–water partition coefficient (Wildman–Crippen LogP) is 4.03. The third-order valence-corrected chi connectivity index (χ3v) is 4.07. The number of likely N-dealkylation sites (N-methyl/N-ethyl adjacent to an activating group) is 1. The van der Waals surface area contributed by atoms with E-state index in [9.17, 15) is 22.8 Å². The Morgan fingerprint density at radius 3 is 2.23 bits per heavy atom. The molecule has 0 saturated heterocycles. The van der Waals surface area contributed by atoms with Crippen molar-refractivity contribution >= 4 is 17.5 Å². The monoisotopic (exact) mass is 364 g/mol. The second-order valence-corrected chi connectivity index (χ2v) is 6.03. The van der Waals surface area contributed by atoms with Crippen molar-refractivity contribution in [2.75, 3.05) is 18.9 Å². The fourth-order valence-electron chi connectivity index (χ4n) is 2.39. The number of aryl methyl sites for hydroxylation is 1. The predicted molar refractivity (Wildman–Crippen MR) is 93.0 cm³/mol. The number of rotatable bonds is 4. The zero-order valence-corrected chi connectivity index (χ0v) is 14.6. The summed E-state index contributed by atoms with van der Waals surface area (Å²) in [6.07, 6.45) is -4.46. The van der Waals surface area contributed by atoms with Crippen LogP contribution in [-0.2, 0) is 11.0 Å². The van der Waals surface area contributed by atoms with Crippen LogP contribution in [0.4, 0.5) is 18.9 Å². The lowest BCUT2D eigenvalue weighted by molar-refractivity contribution is -0.137. The molecule has 0 bridgehead atoms. The van der Waals surface area contributed by atoms with Crippen LogP contribution in [-0.4, -0.2) is 30.3 Å². The van der Waals surface area contributed by atoms with Crippen molar-refractivity contribution in [3.05, 3.63) is 64.7 Å². The smallest absolute Gasteiger partial charge is 0.332 e. The van der Waals surface area contributed by atoms with Crippen LogP contribution in [0, 0.1) is 13.8 Å². The Balaban J connectivity index is 2.02. The van der Waals surface area contributed by atoms with Gasteiger partial charge < -0.3 is 10.2 Å². The van der Waals surface area contributed by atoms with Gasteiger partial charge in [-0.25, -0.2) is 0 Å². The van der Waals surface area contributed by atoms with Gasteiger partial charge in [0, 0.05) is 18.3 Å². The van der Waals surface area contributed by atoms with E-state index in [1.165, 1.54) is 7.05 Å². The number of amides is 2. The number of hydrogen-bond donors (Lipinski definition) is 1. The van der Waals surface area contributed by atoms with Gasteiger partial charge in [-0.05, 0) is 55.3 Å². The first-order valence-electron chi connectivity index (χ1n) is 7.88. The fourth-order valence-corrected chi connectivity index (χ4v) is 2.39. The molecule has 0 atom stereocenters. The van der Waals surface area contributed by atoms with Gasteiger partial charge in [-0.15, -0.1) is 0 Å². The van der Waals surface area contributed by atoms with Gasteiger partial charge in [-0.3, -0.25) is 9.59 Å². The molecular formula is C19H19F3N2O2. The third kappa shape index (κ3) is 4.62. The van der Waals surface area contributed by atoms with E-state index in [1.807, 2.05) is 26.0 Å². The summed E-state index contributed by atoms with van der Waals surface area (Å²) in [6, 6.07) is 9.39. The van der Waals surface area contributed by atoms with Crippen LogP contribution in [0.3, 0.4) is 0 Å². The third-order valence-electron chi connectivity index (χ3n) is 4.07. The number of nitrogens with zero attached hydrogens (tertiary/aromatic N) is 1. The normalized spacial score (nSPS) is 11.2. The average Bonchev–Trinajstić information content (AvgIpc) is 2.57. The molecule has 0 heterocycles. The second-order valence-electron chi connectivity index (χ2n) is 6.03. The molecule has 2 rings (SSSR count). The molecule has 0 unspecified atom stereocenters. The molecule has 0 aliphatic heterocycles. The Hall–Kier alpha value is -2.83. The number of carbonyl (C=O) groups is 2. The highest BCUT2D eigenvalue weighted by Crippen LogP contribution is 2.29. The highest BCUT2D eigenvalue weighted by atomic mass is 19.4. The summed E-state index contributed by atoms with van der Waals surface area (Å²) < 4.78 is 37.7. The maximum absolute atomic E-state index is 12.6. The Kier molecular flexibility index (Phi) is 5.69. The minimum Gasteiger partial charge on any atom is -0.332 e. The first-order chi connectivity index (χ1) is 12.1. The van der Waals surface area contributed by atoms with Crippen molar-refractivity contribution < 1.29 is 22.8 Å². The Labute approximate surface area is 149 Å². The Morgan fingerprint density at radius 1 is 1.04 bits per heavy atom. The molecule has 0 spiro atoms. The molecule has 0 aliphatic carbocycles. The molecule has 26 heavy (non-hydrogen) atoms. The van der Waals surface area contributed by atoms with E-state index in [0.29, 0.717) is 5.69 Å². The minimum atomic E-state index is -4.46. The van der Waals surface area contributed by atoms with Gasteiger partial charge in [0.2, 0.25) is 5.91 Å². The molecule has 4 nitrogen and oxygen atoms in total. The molecule has 0 aliphatic rings. The van der Waals surface area contributed by atoms with E-state index < -0.39 is 17.6 Å². The SMILES string of the molecule is Cc1cccc(NC(=O)CN(C)C(=O)c2ccc(C(F)(F)F)cc2)c1C. The molecule has 7 heteroatoms. The highest BCUT2D eigenvalue weighted by Gasteiger charge is 2.30. The van der Waals surface area contributed by atoms with Crippen LogP contribution in [0.25, 0.3) is 0 Å². The van der Waals surface area contributed by atoms with Gasteiger partial charge in [0.15, 0.2) is 0 Å². The maximum Gasteiger partial charge on any atom is 0.416 e. The molecular weight excluding hydrogens is 345 g/mol. The lowest BCUT2D eigenvalue weighted by Crippen LogP contribution is -2.35. The van der Waals surface area contributed by atoms with E-state index >= 15 is 0 Å². The quantitative estimate of drug-likeness (QED) is 0.890. The summed E-state index contributed by atoms with van der Waals surface area (Å²) in [5, 5.41) is 2.74. The average molecular weight is 364 g/mol. The Bertz CT molecular complexity index is 815. The summed E-state index contributed by atoms with van der Waals surface area (Å²) in [4.78, 5) is 25.6. The number of benzene rings is 2. The standard InChI is InChI=1S/C19H19F3N2O2/c1-12-5-4-6-16(13(12)2)23-17(25)11-24(3)18(26)14-7-9-15(10-8-14)19(20,21)22/h4-10H,11H2,1-3H3,(H,23,25). The van der Waals surface area contributed by atoms with Crippen molar-refractivity contribution in [1.82, 2.24) is 4.90 Å². The number of hydrogen-bond acceptors (Lipinski definition) is 2. The Morgan fingerprint density at radius 2 is 1.65 bits per heavy atom. The number of anilines is 1. The van der Waals surface area contributed by atoms with E-state index in [-0.39, 0.29) is 18.0 Å². The van der Waals surface area contributed by atoms with E-state index in [1.54, 1.807) is 6.07 Å². The van der Waals surface area contributed by atoms with Crippen molar-refractivity contribution in [3.8, 4) is 0 Å². The first-order valence-corrected chi connectivity index (χ1v) is 7.88. The van der Waals surface area contributed by atoms with Crippen LogP contribution in [0.1, 0.15) is 27.0 Å². The largest absolute Gasteiger partial charge is 0.416 e. The van der Waals surface area contributed by atoms with Crippen LogP contribution in [0.15, 0.2) is 42.5 Å². The summed E-state index contributed by atoms with van der Waals surface area (Å²) in [5.74, 6) is -0.920. The van der Waals surface area contributed by atoms with Gasteiger partial charge in [0.05, 0.1) is 12.1 Å². The van der Waals surface area contributed by atoms with E-state index in [2.05, 4.69) is 5.32 Å². The molecule has 2 aromatic rings. The van der Waals surface area contributed by atoms with E-state index in [0.717, 1.165) is 40.3 Å². The lowest BCUT2D eigenvalue weighted by atomic mass is 10.1. The molecule has 0 radical (unpaired) electrons. The summed E-state index contributed by atoms with van der Waals surface area (Å²) >= 11 is 0. The van der Waals surface area contributed by atoms with Crippen LogP contribution in [0.2, 0.25) is 0 Å².